The summed E-state index contributed by atoms with van der Waals surface area (Å²) in [4.78, 5) is 4.80. The predicted octanol–water partition coefficient (Wildman–Crippen LogP) is 2.15. The highest BCUT2D eigenvalue weighted by Crippen LogP contribution is 2.35. The molecule has 2 aromatic rings. The van der Waals surface area contributed by atoms with E-state index >= 15 is 0 Å². The first kappa shape index (κ1) is 17.9. The zero-order chi connectivity index (χ0) is 17.2. The van der Waals surface area contributed by atoms with Crippen LogP contribution in [0.2, 0.25) is 0 Å². The lowest BCUT2D eigenvalue weighted by Crippen LogP contribution is -2.35. The maximum Gasteiger partial charge on any atom is 0.111 e. The number of nitrogens with zero attached hydrogens (tertiary/aromatic N) is 1. The van der Waals surface area contributed by atoms with Crippen LogP contribution in [0.1, 0.15) is 44.6 Å². The third-order valence-corrected chi connectivity index (χ3v) is 5.63. The second-order valence-electron chi connectivity index (χ2n) is 7.93. The molecule has 1 atom stereocenters. The molecule has 2 rings (SSSR count). The summed E-state index contributed by atoms with van der Waals surface area (Å²) in [7, 11) is 7.02. The lowest BCUT2D eigenvalue weighted by molar-refractivity contribution is 0.552. The number of benzene rings is 1. The van der Waals surface area contributed by atoms with E-state index in [0.717, 1.165) is 5.69 Å². The molecule has 0 saturated carbocycles. The first-order valence-corrected chi connectivity index (χ1v) is 8.81. The van der Waals surface area contributed by atoms with E-state index in [1.807, 2.05) is 0 Å². The van der Waals surface area contributed by atoms with Gasteiger partial charge in [0.15, 0.2) is 0 Å². The Kier molecular flexibility index (Phi) is 5.44. The van der Waals surface area contributed by atoms with Crippen LogP contribution >= 0.6 is 0 Å². The third-order valence-electron chi connectivity index (χ3n) is 5.63. The lowest BCUT2D eigenvalue weighted by atomic mass is 9.45. The second kappa shape index (κ2) is 6.99. The van der Waals surface area contributed by atoms with Crippen molar-refractivity contribution in [3.8, 4) is 11.3 Å². The summed E-state index contributed by atoms with van der Waals surface area (Å²) in [6.07, 6.45) is 2.12. The fourth-order valence-electron chi connectivity index (χ4n) is 2.82. The Morgan fingerprint density at radius 3 is 2.13 bits per heavy atom. The van der Waals surface area contributed by atoms with Gasteiger partial charge in [-0.1, -0.05) is 69.2 Å². The Morgan fingerprint density at radius 2 is 1.61 bits per heavy atom. The molecule has 1 heterocycles. The van der Waals surface area contributed by atoms with E-state index in [9.17, 15) is 0 Å². The van der Waals surface area contributed by atoms with Crippen LogP contribution in [0.25, 0.3) is 11.3 Å². The SMILES string of the molecule is BC(c1cc(-c2ccccc2)ncc1C(B)(B)C(C)C)C(C)C. The van der Waals surface area contributed by atoms with Crippen LogP contribution in [0, 0.1) is 11.8 Å². The topological polar surface area (TPSA) is 12.9 Å². The van der Waals surface area contributed by atoms with Gasteiger partial charge in [-0.2, -0.15) is 0 Å². The van der Waals surface area contributed by atoms with Crippen molar-refractivity contribution in [2.75, 3.05) is 0 Å². The average Bonchev–Trinajstić information content (AvgIpc) is 2.54. The zero-order valence-electron chi connectivity index (χ0n) is 15.7. The molecule has 23 heavy (non-hydrogen) atoms. The van der Waals surface area contributed by atoms with E-state index in [1.54, 1.807) is 0 Å². The Bertz CT molecular complexity index is 651. The highest BCUT2D eigenvalue weighted by atomic mass is 14.7. The molecule has 0 aliphatic rings. The van der Waals surface area contributed by atoms with Crippen LogP contribution < -0.4 is 0 Å². The molecule has 0 saturated heterocycles. The van der Waals surface area contributed by atoms with Gasteiger partial charge < -0.3 is 0 Å². The summed E-state index contributed by atoms with van der Waals surface area (Å²) in [5.41, 5.74) is 5.12. The number of hydrogen-bond donors (Lipinski definition) is 0. The van der Waals surface area contributed by atoms with Crippen molar-refractivity contribution in [2.45, 2.75) is 38.7 Å². The molecule has 1 unspecified atom stereocenters. The molecule has 1 aromatic carbocycles. The lowest BCUT2D eigenvalue weighted by Gasteiger charge is -2.34. The van der Waals surface area contributed by atoms with Crippen molar-refractivity contribution in [1.29, 1.82) is 0 Å². The van der Waals surface area contributed by atoms with Gasteiger partial charge in [-0.15, -0.1) is 0 Å². The minimum Gasteiger partial charge on any atom is -0.256 e. The quantitative estimate of drug-likeness (QED) is 0.771. The molecule has 4 heteroatoms. The van der Waals surface area contributed by atoms with Gasteiger partial charge >= 0.3 is 0 Å². The van der Waals surface area contributed by atoms with Crippen LogP contribution in [0.4, 0.5) is 0 Å². The van der Waals surface area contributed by atoms with E-state index in [4.69, 9.17) is 4.98 Å². The van der Waals surface area contributed by atoms with Crippen molar-refractivity contribution in [3.05, 3.63) is 53.7 Å². The number of pyridine rings is 1. The molecule has 118 valence electrons. The van der Waals surface area contributed by atoms with E-state index in [0.29, 0.717) is 17.7 Å². The minimum atomic E-state index is 0.126. The smallest absolute Gasteiger partial charge is 0.111 e. The highest BCUT2D eigenvalue weighted by molar-refractivity contribution is 6.40. The van der Waals surface area contributed by atoms with Gasteiger partial charge in [0, 0.05) is 11.8 Å². The van der Waals surface area contributed by atoms with Gasteiger partial charge in [0.05, 0.1) is 5.69 Å². The fraction of sp³-hybridized carbons (Fsp3) is 0.421. The summed E-state index contributed by atoms with van der Waals surface area (Å²) < 4.78 is 0. The van der Waals surface area contributed by atoms with Gasteiger partial charge in [0.2, 0.25) is 0 Å². The second-order valence-corrected chi connectivity index (χ2v) is 7.93. The van der Waals surface area contributed by atoms with Crippen molar-refractivity contribution in [2.24, 2.45) is 11.8 Å². The summed E-state index contributed by atoms with van der Waals surface area (Å²) in [5.74, 6) is 1.71. The Hall–Kier alpha value is -1.44. The Balaban J connectivity index is 2.61. The summed E-state index contributed by atoms with van der Waals surface area (Å²) in [6.45, 7) is 9.21. The van der Waals surface area contributed by atoms with Crippen LogP contribution in [0.5, 0.6) is 0 Å². The van der Waals surface area contributed by atoms with Crippen LogP contribution in [0.3, 0.4) is 0 Å². The van der Waals surface area contributed by atoms with Crippen molar-refractivity contribution < 1.29 is 0 Å². The number of rotatable bonds is 5. The maximum atomic E-state index is 4.80. The minimum absolute atomic E-state index is 0.126. The molecule has 0 spiro atoms. The average molecular weight is 303 g/mol. The molecular formula is C19H28B3N. The van der Waals surface area contributed by atoms with Gasteiger partial charge in [0.25, 0.3) is 0 Å². The van der Waals surface area contributed by atoms with Crippen molar-refractivity contribution in [1.82, 2.24) is 4.98 Å². The summed E-state index contributed by atoms with van der Waals surface area (Å²) >= 11 is 0. The predicted molar refractivity (Wildman–Crippen MR) is 109 cm³/mol. The normalized spacial score (nSPS) is 13.5. The van der Waals surface area contributed by atoms with Gasteiger partial charge in [-0.05, 0) is 28.9 Å². The van der Waals surface area contributed by atoms with Crippen LogP contribution in [0.15, 0.2) is 42.6 Å². The van der Waals surface area contributed by atoms with Crippen molar-refractivity contribution >= 4 is 23.5 Å². The molecule has 1 nitrogen and oxygen atoms in total. The molecule has 0 amide bonds. The first-order valence-electron chi connectivity index (χ1n) is 8.81. The molecule has 0 N–H and O–H groups in total. The van der Waals surface area contributed by atoms with Gasteiger partial charge in [-0.3, -0.25) is 4.98 Å². The first-order chi connectivity index (χ1) is 10.7. The summed E-state index contributed by atoms with van der Waals surface area (Å²) in [6, 6.07) is 12.8. The zero-order valence-corrected chi connectivity index (χ0v) is 15.7. The maximum absolute atomic E-state index is 4.80. The molecule has 0 bridgehead atoms. The molecule has 0 fully saturated rings. The van der Waals surface area contributed by atoms with Crippen molar-refractivity contribution in [3.63, 3.8) is 0 Å². The highest BCUT2D eigenvalue weighted by Gasteiger charge is 2.30. The van der Waals surface area contributed by atoms with Gasteiger partial charge in [-0.25, -0.2) is 0 Å². The van der Waals surface area contributed by atoms with E-state index in [1.165, 1.54) is 16.7 Å². The molecule has 0 aliphatic heterocycles. The Morgan fingerprint density at radius 1 is 1.00 bits per heavy atom. The third kappa shape index (κ3) is 3.73. The molecule has 1 aromatic heterocycles. The summed E-state index contributed by atoms with van der Waals surface area (Å²) in [5, 5.41) is 0.126. The molecule has 0 aliphatic carbocycles. The number of aromatic nitrogens is 1. The molecule has 0 radical (unpaired) electrons. The fourth-order valence-corrected chi connectivity index (χ4v) is 2.82. The van der Waals surface area contributed by atoms with E-state index in [2.05, 4.69) is 93.8 Å². The van der Waals surface area contributed by atoms with Gasteiger partial charge in [0.1, 0.15) is 23.5 Å². The monoisotopic (exact) mass is 303 g/mol. The molecular weight excluding hydrogens is 275 g/mol. The Labute approximate surface area is 144 Å². The largest absolute Gasteiger partial charge is 0.256 e. The van der Waals surface area contributed by atoms with E-state index in [-0.39, 0.29) is 5.21 Å². The number of hydrogen-bond acceptors (Lipinski definition) is 1. The standard InChI is InChI=1S/C19H28B3N/c1-12(2)18(20)15-10-17(14-8-6-5-7-9-14)23-11-16(15)19(21,22)13(3)4/h5-13,18H,20-22H2,1-4H3. The van der Waals surface area contributed by atoms with Crippen LogP contribution in [-0.4, -0.2) is 28.5 Å². The van der Waals surface area contributed by atoms with E-state index < -0.39 is 0 Å². The van der Waals surface area contributed by atoms with Crippen LogP contribution in [-0.2, 0) is 5.21 Å².